The van der Waals surface area contributed by atoms with Crippen LogP contribution in [0, 0.1) is 0 Å². The Bertz CT molecular complexity index is 951. The lowest BCUT2D eigenvalue weighted by Gasteiger charge is -2.01. The van der Waals surface area contributed by atoms with Crippen molar-refractivity contribution in [1.82, 2.24) is 19.9 Å². The monoisotopic (exact) mass is 405 g/mol. The lowest BCUT2D eigenvalue weighted by atomic mass is 10.3. The van der Waals surface area contributed by atoms with Gasteiger partial charge in [-0.25, -0.2) is 4.98 Å². The van der Waals surface area contributed by atoms with E-state index in [4.69, 9.17) is 5.73 Å². The molecular weight excluding hydrogens is 391 g/mol. The molecule has 0 saturated carbocycles. The zero-order valence-electron chi connectivity index (χ0n) is 11.6. The zero-order chi connectivity index (χ0) is 15.3. The van der Waals surface area contributed by atoms with Crippen LogP contribution in [0.5, 0.6) is 0 Å². The number of nitrogens with two attached hydrogens (primary N) is 1. The van der Waals surface area contributed by atoms with Crippen LogP contribution in [-0.4, -0.2) is 29.4 Å². The van der Waals surface area contributed by atoms with Gasteiger partial charge in [-0.05, 0) is 30.3 Å². The largest absolute Gasteiger partial charge is 0.508 e. The highest BCUT2D eigenvalue weighted by molar-refractivity contribution is 5.87. The second-order valence-electron chi connectivity index (χ2n) is 5.14. The molecule has 0 aromatic carbocycles. The first-order valence-electron chi connectivity index (χ1n) is 6.72. The van der Waals surface area contributed by atoms with E-state index in [2.05, 4.69) is 61.7 Å². The molecule has 0 bridgehead atoms. The average Bonchev–Trinajstić information content (AvgIpc) is 3.19. The number of hydrogen-bond donors (Lipinski definition) is 5. The van der Waals surface area contributed by atoms with Gasteiger partial charge in [0.15, 0.2) is 0 Å². The maximum Gasteiger partial charge on any atom is 0.254 e. The summed E-state index contributed by atoms with van der Waals surface area (Å²) >= 11 is 2.13. The molecule has 6 N–H and O–H groups in total. The van der Waals surface area contributed by atoms with Gasteiger partial charge in [0.05, 0.1) is 28.1 Å². The predicted octanol–water partition coefficient (Wildman–Crippen LogP) is -0.119. The van der Waals surface area contributed by atoms with Crippen LogP contribution in [0.25, 0.3) is 33.8 Å². The highest BCUT2D eigenvalue weighted by atomic mass is 127. The van der Waals surface area contributed by atoms with E-state index in [1.54, 1.807) is 2.79 Å². The third-order valence-electron chi connectivity index (χ3n) is 3.63. The van der Waals surface area contributed by atoms with Gasteiger partial charge in [-0.3, -0.25) is 0 Å². The van der Waals surface area contributed by atoms with Crippen molar-refractivity contribution in [3.8, 4) is 22.8 Å². The summed E-state index contributed by atoms with van der Waals surface area (Å²) in [6, 6.07) is 12.0. The lowest BCUT2D eigenvalue weighted by molar-refractivity contribution is -1.02. The Kier molecular flexibility index (Phi) is 2.89. The van der Waals surface area contributed by atoms with E-state index in [1.807, 2.05) is 24.3 Å². The van der Waals surface area contributed by atoms with Gasteiger partial charge in [-0.15, -0.1) is 0 Å². The Morgan fingerprint density at radius 3 is 1.91 bits per heavy atom. The molecule has 4 aromatic rings. The smallest absolute Gasteiger partial charge is 0.254 e. The molecule has 1 radical (unpaired) electrons. The van der Waals surface area contributed by atoms with E-state index in [0.29, 0.717) is 5.82 Å². The summed E-state index contributed by atoms with van der Waals surface area (Å²) in [5.41, 5.74) is 11.9. The fourth-order valence-corrected chi connectivity index (χ4v) is 2.84. The summed E-state index contributed by atoms with van der Waals surface area (Å²) in [7, 11) is 0. The zero-order valence-corrected chi connectivity index (χ0v) is 13.7. The molecular formula is C15H14IN6. The van der Waals surface area contributed by atoms with Crippen LogP contribution in [0.3, 0.4) is 0 Å². The second-order valence-corrected chi connectivity index (χ2v) is 6.30. The number of fused-ring (bicyclic) bond motifs is 1. The van der Waals surface area contributed by atoms with Crippen molar-refractivity contribution >= 4 is 29.4 Å². The number of aromatic amines is 4. The first-order valence-corrected chi connectivity index (χ1v) is 7.69. The van der Waals surface area contributed by atoms with Gasteiger partial charge in [0.2, 0.25) is 0 Å². The molecule has 22 heavy (non-hydrogen) atoms. The number of nitrogen functional groups attached to an aromatic ring is 1. The molecule has 0 saturated heterocycles. The minimum absolute atomic E-state index is 0.657. The number of anilines is 1. The minimum atomic E-state index is 0.657. The minimum Gasteiger partial charge on any atom is -0.508 e. The fourth-order valence-electron chi connectivity index (χ4n) is 2.55. The molecule has 0 unspecified atom stereocenters. The first-order chi connectivity index (χ1) is 10.6. The molecule has 0 atom stereocenters. The molecule has 4 heterocycles. The molecule has 4 aromatic heterocycles. The van der Waals surface area contributed by atoms with E-state index in [9.17, 15) is 0 Å². The van der Waals surface area contributed by atoms with E-state index in [1.165, 1.54) is 0 Å². The number of rotatable bonds is 3. The third-order valence-corrected chi connectivity index (χ3v) is 4.15. The number of halogens is 1. The number of nitrogens with zero attached hydrogens (tertiary/aromatic N) is 1. The highest BCUT2D eigenvalue weighted by Crippen LogP contribution is 2.28. The normalized spacial score (nSPS) is 11.3. The highest BCUT2D eigenvalue weighted by Gasteiger charge is 2.12. The van der Waals surface area contributed by atoms with Crippen molar-refractivity contribution in [1.29, 1.82) is 0 Å². The molecule has 0 spiro atoms. The molecule has 6 nitrogen and oxygen atoms in total. The summed E-state index contributed by atoms with van der Waals surface area (Å²) in [6.45, 7) is 3.85. The topological polar surface area (TPSA) is 92.2 Å². The Morgan fingerprint density at radius 1 is 0.818 bits per heavy atom. The third kappa shape index (κ3) is 2.13. The van der Waals surface area contributed by atoms with E-state index in [0.717, 1.165) is 39.6 Å². The fraction of sp³-hybridized carbons (Fsp3) is 0. The molecule has 4 rings (SSSR count). The quantitative estimate of drug-likeness (QED) is 0.184. The van der Waals surface area contributed by atoms with Crippen LogP contribution in [0.1, 0.15) is 0 Å². The summed E-state index contributed by atoms with van der Waals surface area (Å²) in [5, 5.41) is 0. The summed E-state index contributed by atoms with van der Waals surface area (Å²) in [4.78, 5) is 13.2. The number of hydrogen-bond acceptors (Lipinski definition) is 1. The van der Waals surface area contributed by atoms with Crippen molar-refractivity contribution in [2.75, 3.05) is 5.73 Å². The van der Waals surface area contributed by atoms with Gasteiger partial charge in [-0.2, -0.15) is 0 Å². The Morgan fingerprint density at radius 2 is 1.41 bits per heavy atom. The Hall–Kier alpha value is -2.42. The van der Waals surface area contributed by atoms with Crippen molar-refractivity contribution in [2.24, 2.45) is 0 Å². The molecule has 0 aliphatic carbocycles. The maximum absolute atomic E-state index is 5.72. The van der Waals surface area contributed by atoms with Crippen LogP contribution >= 0.6 is 0 Å². The van der Waals surface area contributed by atoms with E-state index >= 15 is 0 Å². The number of nitrogens with one attached hydrogen (secondary N) is 4. The standard InChI is InChI=1S/C15H14IN6/c1-22(16)15-5-3-9(21-15)11-7-13-12(19-11)6-10(18-13)8-2-4-14(17)20-8/h2-7,18-21H,1,17H2. The predicted molar refractivity (Wildman–Crippen MR) is 83.7 cm³/mol. The summed E-state index contributed by atoms with van der Waals surface area (Å²) < 4.78 is 1.77. The second kappa shape index (κ2) is 4.80. The van der Waals surface area contributed by atoms with Crippen LogP contribution in [-0.2, 0) is 0 Å². The first kappa shape index (κ1) is 13.3. The SMILES string of the molecule is C=[N+]([I-])c1ccc(-c2cc3[nH]c(-c4ccc(N)[nH]4)cc3[nH]2)[nH]1. The Balaban J connectivity index is 1.72. The van der Waals surface area contributed by atoms with Crippen molar-refractivity contribution < 1.29 is 25.7 Å². The van der Waals surface area contributed by atoms with Gasteiger partial charge in [-0.1, -0.05) is 0 Å². The molecule has 0 amide bonds. The lowest BCUT2D eigenvalue weighted by Crippen LogP contribution is -3.38. The van der Waals surface area contributed by atoms with Crippen molar-refractivity contribution in [3.05, 3.63) is 36.4 Å². The average molecular weight is 405 g/mol. The van der Waals surface area contributed by atoms with Gasteiger partial charge >= 0.3 is 0 Å². The summed E-state index contributed by atoms with van der Waals surface area (Å²) in [5.74, 6) is 1.61. The molecule has 111 valence electrons. The van der Waals surface area contributed by atoms with Crippen LogP contribution in [0.2, 0.25) is 0 Å². The van der Waals surface area contributed by atoms with Crippen LogP contribution in [0.4, 0.5) is 11.6 Å². The summed E-state index contributed by atoms with van der Waals surface area (Å²) in [6.07, 6.45) is 0. The van der Waals surface area contributed by atoms with Crippen molar-refractivity contribution in [3.63, 3.8) is 0 Å². The van der Waals surface area contributed by atoms with Gasteiger partial charge in [0, 0.05) is 12.8 Å². The van der Waals surface area contributed by atoms with Crippen LogP contribution in [0.15, 0.2) is 36.4 Å². The molecule has 0 aliphatic rings. The maximum atomic E-state index is 5.72. The molecule has 0 aliphatic heterocycles. The van der Waals surface area contributed by atoms with E-state index < -0.39 is 0 Å². The van der Waals surface area contributed by atoms with Gasteiger partial charge in [0.25, 0.3) is 5.82 Å². The Labute approximate surface area is 139 Å². The van der Waals surface area contributed by atoms with Gasteiger partial charge < -0.3 is 46.3 Å². The number of H-pyrrole nitrogens is 4. The molecule has 0 fully saturated rings. The molecule has 7 heteroatoms. The number of aromatic nitrogens is 4. The van der Waals surface area contributed by atoms with Gasteiger partial charge in [0.1, 0.15) is 11.5 Å². The van der Waals surface area contributed by atoms with Crippen molar-refractivity contribution in [2.45, 2.75) is 0 Å². The van der Waals surface area contributed by atoms with E-state index in [-0.39, 0.29) is 0 Å². The van der Waals surface area contributed by atoms with Crippen LogP contribution < -0.4 is 28.6 Å².